The van der Waals surface area contributed by atoms with Gasteiger partial charge in [-0.25, -0.2) is 0 Å². The Morgan fingerprint density at radius 3 is 2.79 bits per heavy atom. The molecule has 0 aliphatic rings. The van der Waals surface area contributed by atoms with Crippen LogP contribution in [0, 0.1) is 0 Å². The summed E-state index contributed by atoms with van der Waals surface area (Å²) in [6.07, 6.45) is 9.34. The van der Waals surface area contributed by atoms with E-state index < -0.39 is 0 Å². The minimum Gasteiger partial charge on any atom is -0.354 e. The SMILES string of the molecule is CSCC[C@@H](C(=O)NCCc1nnc2ccccn12)n1cccc1. The first-order valence-electron chi connectivity index (χ1n) is 7.97. The molecule has 0 aliphatic carbocycles. The first-order chi connectivity index (χ1) is 11.8. The molecule has 0 aliphatic heterocycles. The van der Waals surface area contributed by atoms with Crippen LogP contribution in [0.3, 0.4) is 0 Å². The topological polar surface area (TPSA) is 64.2 Å². The molecule has 3 aromatic heterocycles. The van der Waals surface area contributed by atoms with Crippen LogP contribution in [0.5, 0.6) is 0 Å². The lowest BCUT2D eigenvalue weighted by atomic mass is 10.2. The number of aromatic nitrogens is 4. The summed E-state index contributed by atoms with van der Waals surface area (Å²) in [6.45, 7) is 0.547. The largest absolute Gasteiger partial charge is 0.354 e. The Hall–Kier alpha value is -2.28. The van der Waals surface area contributed by atoms with Crippen LogP contribution in [0.4, 0.5) is 0 Å². The third kappa shape index (κ3) is 3.79. The first-order valence-corrected chi connectivity index (χ1v) is 9.36. The number of pyridine rings is 1. The Kier molecular flexibility index (Phi) is 5.53. The highest BCUT2D eigenvalue weighted by molar-refractivity contribution is 7.98. The minimum absolute atomic E-state index is 0.0501. The number of rotatable bonds is 8. The normalized spacial score (nSPS) is 12.4. The lowest BCUT2D eigenvalue weighted by Gasteiger charge is -2.18. The molecule has 0 saturated carbocycles. The second-order valence-electron chi connectivity index (χ2n) is 5.51. The summed E-state index contributed by atoms with van der Waals surface area (Å²) < 4.78 is 3.92. The van der Waals surface area contributed by atoms with Crippen molar-refractivity contribution in [2.24, 2.45) is 0 Å². The maximum atomic E-state index is 12.6. The average molecular weight is 343 g/mol. The predicted octanol–water partition coefficient (Wildman–Crippen LogP) is 2.18. The predicted molar refractivity (Wildman–Crippen MR) is 96.2 cm³/mol. The van der Waals surface area contributed by atoms with E-state index in [1.807, 2.05) is 57.9 Å². The number of nitrogens with one attached hydrogen (secondary N) is 1. The van der Waals surface area contributed by atoms with E-state index >= 15 is 0 Å². The molecule has 0 unspecified atom stereocenters. The van der Waals surface area contributed by atoms with Gasteiger partial charge < -0.3 is 9.88 Å². The van der Waals surface area contributed by atoms with Crippen molar-refractivity contribution < 1.29 is 4.79 Å². The van der Waals surface area contributed by atoms with Crippen LogP contribution in [0.25, 0.3) is 5.65 Å². The number of nitrogens with zero attached hydrogens (tertiary/aromatic N) is 4. The monoisotopic (exact) mass is 343 g/mol. The Balaban J connectivity index is 1.59. The number of carbonyl (C=O) groups is 1. The molecule has 0 radical (unpaired) electrons. The zero-order valence-electron chi connectivity index (χ0n) is 13.6. The van der Waals surface area contributed by atoms with Gasteiger partial charge in [-0.2, -0.15) is 11.8 Å². The van der Waals surface area contributed by atoms with E-state index in [9.17, 15) is 4.79 Å². The summed E-state index contributed by atoms with van der Waals surface area (Å²) in [5.41, 5.74) is 0.823. The fraction of sp³-hybridized carbons (Fsp3) is 0.353. The van der Waals surface area contributed by atoms with Crippen molar-refractivity contribution in [3.8, 4) is 0 Å². The number of carbonyl (C=O) groups excluding carboxylic acids is 1. The fourth-order valence-corrected chi connectivity index (χ4v) is 3.14. The van der Waals surface area contributed by atoms with Crippen molar-refractivity contribution in [3.05, 3.63) is 54.7 Å². The van der Waals surface area contributed by atoms with Crippen LogP contribution in [0.1, 0.15) is 18.3 Å². The minimum atomic E-state index is -0.164. The molecular formula is C17H21N5OS. The van der Waals surface area contributed by atoms with Gasteiger partial charge in [0.25, 0.3) is 0 Å². The Labute approximate surface area is 145 Å². The maximum Gasteiger partial charge on any atom is 0.243 e. The zero-order valence-corrected chi connectivity index (χ0v) is 14.4. The van der Waals surface area contributed by atoms with Crippen molar-refractivity contribution in [1.29, 1.82) is 0 Å². The van der Waals surface area contributed by atoms with E-state index in [1.165, 1.54) is 0 Å². The van der Waals surface area contributed by atoms with Crippen molar-refractivity contribution >= 4 is 23.3 Å². The number of amides is 1. The molecule has 24 heavy (non-hydrogen) atoms. The molecule has 1 N–H and O–H groups in total. The van der Waals surface area contributed by atoms with E-state index in [0.29, 0.717) is 13.0 Å². The van der Waals surface area contributed by atoms with E-state index in [2.05, 4.69) is 21.8 Å². The molecule has 0 bridgehead atoms. The standard InChI is InChI=1S/C17H21N5OS/c1-24-13-8-14(21-10-4-5-11-21)17(23)18-9-7-16-20-19-15-6-2-3-12-22(15)16/h2-6,10-12,14H,7-9,13H2,1H3,(H,18,23)/t14-/m0/s1. The summed E-state index contributed by atoms with van der Waals surface area (Å²) in [6, 6.07) is 9.53. The van der Waals surface area contributed by atoms with Crippen molar-refractivity contribution in [2.75, 3.05) is 18.6 Å². The van der Waals surface area contributed by atoms with E-state index in [4.69, 9.17) is 0 Å². The first kappa shape index (κ1) is 16.6. The van der Waals surface area contributed by atoms with Gasteiger partial charge in [-0.15, -0.1) is 10.2 Å². The number of hydrogen-bond acceptors (Lipinski definition) is 4. The maximum absolute atomic E-state index is 12.6. The van der Waals surface area contributed by atoms with Gasteiger partial charge in [0, 0.05) is 31.6 Å². The van der Waals surface area contributed by atoms with Gasteiger partial charge in [-0.3, -0.25) is 9.20 Å². The highest BCUT2D eigenvalue weighted by atomic mass is 32.2. The molecule has 0 saturated heterocycles. The highest BCUT2D eigenvalue weighted by Gasteiger charge is 2.18. The van der Waals surface area contributed by atoms with Gasteiger partial charge in [0.2, 0.25) is 5.91 Å². The van der Waals surface area contributed by atoms with Gasteiger partial charge in [-0.1, -0.05) is 6.07 Å². The van der Waals surface area contributed by atoms with Gasteiger partial charge in [0.1, 0.15) is 11.9 Å². The van der Waals surface area contributed by atoms with Crippen molar-refractivity contribution in [2.45, 2.75) is 18.9 Å². The van der Waals surface area contributed by atoms with E-state index in [1.54, 1.807) is 11.8 Å². The zero-order chi connectivity index (χ0) is 16.8. The number of thioether (sulfide) groups is 1. The van der Waals surface area contributed by atoms with E-state index in [0.717, 1.165) is 23.6 Å². The summed E-state index contributed by atoms with van der Waals surface area (Å²) in [5.74, 6) is 1.85. The van der Waals surface area contributed by atoms with Crippen LogP contribution in [-0.2, 0) is 11.2 Å². The molecule has 3 rings (SSSR count). The Morgan fingerprint density at radius 2 is 2.00 bits per heavy atom. The number of hydrogen-bond donors (Lipinski definition) is 1. The molecule has 3 aromatic rings. The summed E-state index contributed by atoms with van der Waals surface area (Å²) in [7, 11) is 0. The Morgan fingerprint density at radius 1 is 1.21 bits per heavy atom. The summed E-state index contributed by atoms with van der Waals surface area (Å²) in [4.78, 5) is 12.6. The van der Waals surface area contributed by atoms with Crippen molar-refractivity contribution in [3.63, 3.8) is 0 Å². The lowest BCUT2D eigenvalue weighted by Crippen LogP contribution is -2.34. The van der Waals surface area contributed by atoms with Crippen LogP contribution in [-0.4, -0.2) is 43.6 Å². The molecule has 126 valence electrons. The third-order valence-electron chi connectivity index (χ3n) is 3.92. The van der Waals surface area contributed by atoms with E-state index in [-0.39, 0.29) is 11.9 Å². The van der Waals surface area contributed by atoms with Crippen LogP contribution in [0.2, 0.25) is 0 Å². The van der Waals surface area contributed by atoms with Crippen LogP contribution in [0.15, 0.2) is 48.9 Å². The Bertz CT molecular complexity index is 783. The van der Waals surface area contributed by atoms with Gasteiger partial charge in [0.05, 0.1) is 0 Å². The number of fused-ring (bicyclic) bond motifs is 1. The highest BCUT2D eigenvalue weighted by Crippen LogP contribution is 2.15. The molecular weight excluding hydrogens is 322 g/mol. The van der Waals surface area contributed by atoms with Gasteiger partial charge in [-0.05, 0) is 42.7 Å². The van der Waals surface area contributed by atoms with Crippen LogP contribution < -0.4 is 5.32 Å². The summed E-state index contributed by atoms with van der Waals surface area (Å²) >= 11 is 1.75. The third-order valence-corrected chi connectivity index (χ3v) is 4.56. The quantitative estimate of drug-likeness (QED) is 0.681. The summed E-state index contributed by atoms with van der Waals surface area (Å²) in [5, 5.41) is 11.3. The lowest BCUT2D eigenvalue weighted by molar-refractivity contribution is -0.124. The smallest absolute Gasteiger partial charge is 0.243 e. The van der Waals surface area contributed by atoms with Crippen LogP contribution >= 0.6 is 11.8 Å². The molecule has 0 fully saturated rings. The van der Waals surface area contributed by atoms with Gasteiger partial charge >= 0.3 is 0 Å². The second-order valence-corrected chi connectivity index (χ2v) is 6.50. The molecule has 3 heterocycles. The fourth-order valence-electron chi connectivity index (χ4n) is 2.68. The average Bonchev–Trinajstić information content (AvgIpc) is 3.26. The molecule has 1 atom stereocenters. The molecule has 6 nitrogen and oxygen atoms in total. The molecule has 0 spiro atoms. The molecule has 7 heteroatoms. The van der Waals surface area contributed by atoms with Crippen molar-refractivity contribution in [1.82, 2.24) is 24.5 Å². The molecule has 1 amide bonds. The molecule has 0 aromatic carbocycles. The second kappa shape index (κ2) is 8.01. The van der Waals surface area contributed by atoms with Gasteiger partial charge in [0.15, 0.2) is 5.65 Å².